The van der Waals surface area contributed by atoms with Crippen LogP contribution in [0, 0.1) is 0 Å². The number of hydrogen-bond acceptors (Lipinski definition) is 6. The van der Waals surface area contributed by atoms with Gasteiger partial charge in [0.15, 0.2) is 0 Å². The molecule has 28 heavy (non-hydrogen) atoms. The van der Waals surface area contributed by atoms with Crippen LogP contribution in [0.2, 0.25) is 5.02 Å². The summed E-state index contributed by atoms with van der Waals surface area (Å²) in [6.07, 6.45) is 7.04. The summed E-state index contributed by atoms with van der Waals surface area (Å²) in [7, 11) is 3.44. The van der Waals surface area contributed by atoms with E-state index in [9.17, 15) is 4.79 Å². The van der Waals surface area contributed by atoms with Crippen molar-refractivity contribution >= 4 is 35.2 Å². The summed E-state index contributed by atoms with van der Waals surface area (Å²) in [6, 6.07) is 5.19. The minimum atomic E-state index is -0.226. The van der Waals surface area contributed by atoms with Crippen LogP contribution in [0.5, 0.6) is 0 Å². The Morgan fingerprint density at radius 3 is 2.64 bits per heavy atom. The lowest BCUT2D eigenvalue weighted by atomic mass is 9.93. The number of methoxy groups -OCH3 is 1. The largest absolute Gasteiger partial charge is 0.398 e. The molecule has 8 heteroatoms. The highest BCUT2D eigenvalue weighted by Gasteiger charge is 2.24. The molecule has 0 fully saturated rings. The summed E-state index contributed by atoms with van der Waals surface area (Å²) in [6.45, 7) is 3.37. The molecule has 1 unspecified atom stereocenters. The molecule has 0 bridgehead atoms. The molecule has 0 saturated heterocycles. The minimum Gasteiger partial charge on any atom is -0.398 e. The Labute approximate surface area is 170 Å². The van der Waals surface area contributed by atoms with Crippen molar-refractivity contribution in [2.75, 3.05) is 38.4 Å². The zero-order valence-electron chi connectivity index (χ0n) is 16.4. The first-order valence-electron chi connectivity index (χ1n) is 8.99. The van der Waals surface area contributed by atoms with E-state index in [0.717, 1.165) is 36.1 Å². The number of carbonyl (C=O) groups excluding carboxylic acids is 1. The standard InChI is InChI=1S/C17H18ClN5O.C3H8O/c1-20-17-21-8-12(9-22-17)16-6-11(4-5-23(16)10-24)14-7-13(18)2-3-15(14)19;1-3-4-2/h2-3,6-10,16H,4-5,19H2,1H3,(H,20,21,22);3H2,1-2H3. The van der Waals surface area contributed by atoms with Gasteiger partial charge in [-0.25, -0.2) is 9.97 Å². The van der Waals surface area contributed by atoms with E-state index in [1.165, 1.54) is 0 Å². The summed E-state index contributed by atoms with van der Waals surface area (Å²) in [5, 5.41) is 3.51. The van der Waals surface area contributed by atoms with Gasteiger partial charge in [-0.2, -0.15) is 0 Å². The molecule has 0 aliphatic carbocycles. The number of rotatable bonds is 5. The van der Waals surface area contributed by atoms with E-state index < -0.39 is 0 Å². The molecule has 1 aliphatic rings. The summed E-state index contributed by atoms with van der Waals surface area (Å²) < 4.78 is 4.54. The Hall–Kier alpha value is -2.64. The molecular weight excluding hydrogens is 378 g/mol. The smallest absolute Gasteiger partial charge is 0.222 e. The fraction of sp³-hybridized carbons (Fsp3) is 0.350. The van der Waals surface area contributed by atoms with Crippen molar-refractivity contribution in [3.05, 3.63) is 52.8 Å². The molecule has 3 N–H and O–H groups in total. The topological polar surface area (TPSA) is 93.4 Å². The molecule has 0 saturated carbocycles. The van der Waals surface area contributed by atoms with Gasteiger partial charge in [0.05, 0.1) is 6.04 Å². The number of nitrogens with zero attached hydrogens (tertiary/aromatic N) is 3. The summed E-state index contributed by atoms with van der Waals surface area (Å²) in [5.74, 6) is 0.538. The Balaban J connectivity index is 0.000000640. The van der Waals surface area contributed by atoms with Crippen molar-refractivity contribution in [3.8, 4) is 0 Å². The second-order valence-corrected chi connectivity index (χ2v) is 6.57. The number of nitrogens with one attached hydrogen (secondary N) is 1. The van der Waals surface area contributed by atoms with E-state index >= 15 is 0 Å². The molecule has 1 atom stereocenters. The van der Waals surface area contributed by atoms with Crippen LogP contribution in [-0.4, -0.2) is 48.6 Å². The van der Waals surface area contributed by atoms with Gasteiger partial charge >= 0.3 is 0 Å². The Bertz CT molecular complexity index is 809. The minimum absolute atomic E-state index is 0.226. The van der Waals surface area contributed by atoms with Gasteiger partial charge in [-0.1, -0.05) is 17.7 Å². The Morgan fingerprint density at radius 1 is 1.39 bits per heavy atom. The van der Waals surface area contributed by atoms with Crippen LogP contribution < -0.4 is 11.1 Å². The fourth-order valence-electron chi connectivity index (χ4n) is 2.82. The number of nitrogen functional groups attached to an aromatic ring is 1. The van der Waals surface area contributed by atoms with Gasteiger partial charge in [0, 0.05) is 61.5 Å². The molecule has 7 nitrogen and oxygen atoms in total. The maximum atomic E-state index is 11.4. The molecule has 1 aliphatic heterocycles. The number of hydrogen-bond donors (Lipinski definition) is 2. The van der Waals surface area contributed by atoms with Gasteiger partial charge in [0.1, 0.15) is 0 Å². The molecule has 0 spiro atoms. The molecule has 1 aromatic heterocycles. The molecule has 2 aromatic rings. The second-order valence-electron chi connectivity index (χ2n) is 6.13. The Kier molecular flexibility index (Phi) is 8.22. The van der Waals surface area contributed by atoms with Crippen molar-refractivity contribution in [1.82, 2.24) is 14.9 Å². The van der Waals surface area contributed by atoms with Gasteiger partial charge in [0.2, 0.25) is 12.4 Å². The van der Waals surface area contributed by atoms with Crippen LogP contribution in [-0.2, 0) is 9.53 Å². The zero-order valence-corrected chi connectivity index (χ0v) is 17.1. The first-order valence-corrected chi connectivity index (χ1v) is 9.37. The summed E-state index contributed by atoms with van der Waals surface area (Å²) >= 11 is 6.10. The van der Waals surface area contributed by atoms with Crippen LogP contribution in [0.15, 0.2) is 36.7 Å². The third-order valence-electron chi connectivity index (χ3n) is 4.38. The van der Waals surface area contributed by atoms with Gasteiger partial charge in [-0.05, 0) is 37.1 Å². The van der Waals surface area contributed by atoms with E-state index in [4.69, 9.17) is 17.3 Å². The van der Waals surface area contributed by atoms with Crippen LogP contribution in [0.1, 0.15) is 30.5 Å². The van der Waals surface area contributed by atoms with Crippen LogP contribution in [0.25, 0.3) is 5.57 Å². The van der Waals surface area contributed by atoms with Crippen molar-refractivity contribution in [2.24, 2.45) is 0 Å². The number of aromatic nitrogens is 2. The van der Waals surface area contributed by atoms with E-state index in [-0.39, 0.29) is 6.04 Å². The van der Waals surface area contributed by atoms with Gasteiger partial charge < -0.3 is 20.7 Å². The normalized spacial score (nSPS) is 15.9. The average Bonchev–Trinajstić information content (AvgIpc) is 2.75. The van der Waals surface area contributed by atoms with Crippen LogP contribution in [0.3, 0.4) is 0 Å². The fourth-order valence-corrected chi connectivity index (χ4v) is 2.99. The maximum Gasteiger partial charge on any atom is 0.222 e. The second kappa shape index (κ2) is 10.6. The lowest BCUT2D eigenvalue weighted by Crippen LogP contribution is -2.31. The molecule has 1 aromatic carbocycles. The van der Waals surface area contributed by atoms with Gasteiger partial charge in [-0.3, -0.25) is 4.79 Å². The third kappa shape index (κ3) is 5.43. The summed E-state index contributed by atoms with van der Waals surface area (Å²) in [5.41, 5.74) is 9.59. The average molecular weight is 404 g/mol. The number of ether oxygens (including phenoxy) is 1. The molecular formula is C20H26ClN5O2. The zero-order chi connectivity index (χ0) is 20.5. The van der Waals surface area contributed by atoms with E-state index in [2.05, 4.69) is 20.0 Å². The summed E-state index contributed by atoms with van der Waals surface area (Å²) in [4.78, 5) is 21.6. The van der Waals surface area contributed by atoms with Crippen LogP contribution in [0.4, 0.5) is 11.6 Å². The maximum absolute atomic E-state index is 11.4. The SMILES string of the molecule is CCOC.CNc1ncc(C2C=C(c3cc(Cl)ccc3N)CCN2C=O)cn1. The predicted octanol–water partition coefficient (Wildman–Crippen LogP) is 3.39. The molecule has 1 amide bonds. The number of carbonyl (C=O) groups is 1. The van der Waals surface area contributed by atoms with Gasteiger partial charge in [0.25, 0.3) is 0 Å². The van der Waals surface area contributed by atoms with Crippen molar-refractivity contribution in [1.29, 1.82) is 0 Å². The van der Waals surface area contributed by atoms with Crippen molar-refractivity contribution < 1.29 is 9.53 Å². The van der Waals surface area contributed by atoms with Gasteiger partial charge in [-0.15, -0.1) is 0 Å². The lowest BCUT2D eigenvalue weighted by Gasteiger charge is -2.32. The number of halogens is 1. The number of amides is 1. The first kappa shape index (κ1) is 21.7. The third-order valence-corrected chi connectivity index (χ3v) is 4.61. The molecule has 150 valence electrons. The van der Waals surface area contributed by atoms with E-state index in [0.29, 0.717) is 23.2 Å². The number of benzene rings is 1. The number of anilines is 2. The highest BCUT2D eigenvalue weighted by molar-refractivity contribution is 6.30. The first-order chi connectivity index (χ1) is 13.5. The monoisotopic (exact) mass is 403 g/mol. The number of nitrogens with two attached hydrogens (primary N) is 1. The highest BCUT2D eigenvalue weighted by Crippen LogP contribution is 2.35. The highest BCUT2D eigenvalue weighted by atomic mass is 35.5. The van der Waals surface area contributed by atoms with Crippen molar-refractivity contribution in [3.63, 3.8) is 0 Å². The predicted molar refractivity (Wildman–Crippen MR) is 113 cm³/mol. The van der Waals surface area contributed by atoms with Crippen LogP contribution >= 0.6 is 11.6 Å². The molecule has 3 rings (SSSR count). The molecule has 2 heterocycles. The van der Waals surface area contributed by atoms with E-state index in [1.807, 2.05) is 19.1 Å². The molecule has 0 radical (unpaired) electrons. The lowest BCUT2D eigenvalue weighted by molar-refractivity contribution is -0.119. The quantitative estimate of drug-likeness (QED) is 0.587. The van der Waals surface area contributed by atoms with E-state index in [1.54, 1.807) is 43.6 Å². The Morgan fingerprint density at radius 2 is 2.07 bits per heavy atom. The van der Waals surface area contributed by atoms with Crippen molar-refractivity contribution in [2.45, 2.75) is 19.4 Å².